The number of rotatable bonds is 6. The van der Waals surface area contributed by atoms with Gasteiger partial charge in [0.1, 0.15) is 6.10 Å². The highest BCUT2D eigenvalue weighted by Gasteiger charge is 2.21. The Kier molecular flexibility index (Phi) is 6.48. The first kappa shape index (κ1) is 12.3. The molecule has 0 aliphatic rings. The van der Waals surface area contributed by atoms with Crippen molar-refractivity contribution in [2.24, 2.45) is 0 Å². The molecule has 2 N–H and O–H groups in total. The summed E-state index contributed by atoms with van der Waals surface area (Å²) in [7, 11) is 3.02. The lowest BCUT2D eigenvalue weighted by atomic mass is 10.3. The molecule has 0 fully saturated rings. The molecule has 0 heterocycles. The number of carbonyl (C=O) groups excluding carboxylic acids is 1. The lowest BCUT2D eigenvalue weighted by Gasteiger charge is -2.19. The number of esters is 1. The van der Waals surface area contributed by atoms with Crippen molar-refractivity contribution in [2.45, 2.75) is 32.2 Å². The van der Waals surface area contributed by atoms with Crippen molar-refractivity contribution in [3.63, 3.8) is 0 Å². The Hall–Kier alpha value is -0.650. The van der Waals surface area contributed by atoms with Crippen LogP contribution >= 0.6 is 0 Å². The minimum atomic E-state index is -1.25. The molecule has 0 amide bonds. The fourth-order valence-electron chi connectivity index (χ4n) is 0.702. The van der Waals surface area contributed by atoms with Gasteiger partial charge >= 0.3 is 5.97 Å². The van der Waals surface area contributed by atoms with E-state index in [1.165, 1.54) is 0 Å². The van der Waals surface area contributed by atoms with E-state index in [9.17, 15) is 4.79 Å². The predicted molar refractivity (Wildman–Crippen MR) is 44.3 cm³/mol. The van der Waals surface area contributed by atoms with Gasteiger partial charge in [0.2, 0.25) is 6.29 Å². The van der Waals surface area contributed by atoms with Crippen LogP contribution in [-0.4, -0.2) is 35.2 Å². The highest BCUT2D eigenvalue weighted by molar-refractivity contribution is 5.69. The largest absolute Gasteiger partial charge is 0.433 e. The van der Waals surface area contributed by atoms with Crippen LogP contribution in [0.5, 0.6) is 0 Å². The second-order valence-corrected chi connectivity index (χ2v) is 2.52. The monoisotopic (exact) mass is 191 g/mol. The highest BCUT2D eigenvalue weighted by atomic mass is 16.7. The fraction of sp³-hybridized carbons (Fsp3) is 0.750. The first-order valence-corrected chi connectivity index (χ1v) is 4.04. The van der Waals surface area contributed by atoms with Gasteiger partial charge in [0, 0.05) is 6.42 Å². The van der Waals surface area contributed by atoms with Crippen LogP contribution in [0.1, 0.15) is 19.8 Å². The van der Waals surface area contributed by atoms with Gasteiger partial charge in [0.25, 0.3) is 0 Å². The van der Waals surface area contributed by atoms with E-state index >= 15 is 0 Å². The quantitative estimate of drug-likeness (QED) is 0.450. The molecule has 0 aromatic heterocycles. The van der Waals surface area contributed by atoms with Gasteiger partial charge in [-0.3, -0.25) is 4.79 Å². The van der Waals surface area contributed by atoms with E-state index in [0.29, 0.717) is 6.42 Å². The molecule has 2 unspecified atom stereocenters. The second kappa shape index (κ2) is 6.82. The zero-order valence-corrected chi connectivity index (χ0v) is 7.60. The maximum Gasteiger partial charge on any atom is 0.308 e. The lowest BCUT2D eigenvalue weighted by Crippen LogP contribution is -2.34. The van der Waals surface area contributed by atoms with Crippen LogP contribution in [0.2, 0.25) is 0 Å². The van der Waals surface area contributed by atoms with Crippen molar-refractivity contribution in [3.8, 4) is 0 Å². The topological polar surface area (TPSA) is 76.0 Å². The van der Waals surface area contributed by atoms with Crippen LogP contribution in [-0.2, 0) is 14.3 Å². The van der Waals surface area contributed by atoms with Gasteiger partial charge in [0.05, 0.1) is 13.7 Å². The lowest BCUT2D eigenvalue weighted by molar-refractivity contribution is -0.193. The predicted octanol–water partition coefficient (Wildman–Crippen LogP) is -0.183. The molecule has 0 aliphatic carbocycles. The van der Waals surface area contributed by atoms with Crippen LogP contribution in [0.4, 0.5) is 0 Å². The van der Waals surface area contributed by atoms with E-state index in [4.69, 9.17) is 10.2 Å². The van der Waals surface area contributed by atoms with Crippen molar-refractivity contribution in [3.05, 3.63) is 7.11 Å². The van der Waals surface area contributed by atoms with Crippen LogP contribution in [0.25, 0.3) is 0 Å². The van der Waals surface area contributed by atoms with E-state index in [1.54, 1.807) is 0 Å². The fourth-order valence-corrected chi connectivity index (χ4v) is 0.702. The standard InChI is InChI=1S/C8H15O5/c1-3-4-7(11)13-8(12-2)6(10)5-9/h6,8-10H,2-5H2,1H3. The van der Waals surface area contributed by atoms with Gasteiger partial charge in [-0.05, 0) is 6.42 Å². The van der Waals surface area contributed by atoms with Gasteiger partial charge in [-0.15, -0.1) is 0 Å². The Bertz CT molecular complexity index is 147. The summed E-state index contributed by atoms with van der Waals surface area (Å²) < 4.78 is 9.08. The van der Waals surface area contributed by atoms with Gasteiger partial charge in [-0.25, -0.2) is 0 Å². The van der Waals surface area contributed by atoms with Crippen LogP contribution < -0.4 is 0 Å². The zero-order chi connectivity index (χ0) is 10.3. The molecule has 0 aromatic carbocycles. The molecular formula is C8H15O5. The summed E-state index contributed by atoms with van der Waals surface area (Å²) in [5, 5.41) is 17.6. The minimum Gasteiger partial charge on any atom is -0.433 e. The molecule has 0 aliphatic heterocycles. The molecular weight excluding hydrogens is 176 g/mol. The third-order valence-electron chi connectivity index (χ3n) is 1.37. The molecule has 2 atom stereocenters. The number of carbonyl (C=O) groups is 1. The summed E-state index contributed by atoms with van der Waals surface area (Å²) in [6.07, 6.45) is -1.54. The molecule has 0 saturated heterocycles. The molecule has 5 heteroatoms. The van der Waals surface area contributed by atoms with E-state index in [-0.39, 0.29) is 6.42 Å². The van der Waals surface area contributed by atoms with E-state index < -0.39 is 25.0 Å². The third-order valence-corrected chi connectivity index (χ3v) is 1.37. The molecule has 1 radical (unpaired) electrons. The number of aliphatic hydroxyl groups is 2. The number of ether oxygens (including phenoxy) is 2. The van der Waals surface area contributed by atoms with Crippen LogP contribution in [0.15, 0.2) is 0 Å². The summed E-state index contributed by atoms with van der Waals surface area (Å²) >= 11 is 0. The third kappa shape index (κ3) is 4.82. The molecule has 0 bridgehead atoms. The minimum absolute atomic E-state index is 0.248. The van der Waals surface area contributed by atoms with Gasteiger partial charge in [-0.2, -0.15) is 0 Å². The molecule has 0 saturated carbocycles. The zero-order valence-electron chi connectivity index (χ0n) is 7.60. The van der Waals surface area contributed by atoms with Gasteiger partial charge in [-0.1, -0.05) is 6.92 Å². The molecule has 0 spiro atoms. The summed E-state index contributed by atoms with van der Waals surface area (Å²) in [4.78, 5) is 10.9. The number of hydrogen-bond acceptors (Lipinski definition) is 5. The summed E-state index contributed by atoms with van der Waals surface area (Å²) in [6.45, 7) is 1.28. The van der Waals surface area contributed by atoms with E-state index in [2.05, 4.69) is 16.6 Å². The Morgan fingerprint density at radius 1 is 1.62 bits per heavy atom. The van der Waals surface area contributed by atoms with Crippen molar-refractivity contribution in [1.29, 1.82) is 0 Å². The summed E-state index contributed by atoms with van der Waals surface area (Å²) in [6, 6.07) is 0. The first-order valence-electron chi connectivity index (χ1n) is 4.04. The highest BCUT2D eigenvalue weighted by Crippen LogP contribution is 2.03. The smallest absolute Gasteiger partial charge is 0.308 e. The van der Waals surface area contributed by atoms with Crippen molar-refractivity contribution in [2.75, 3.05) is 6.61 Å². The van der Waals surface area contributed by atoms with Crippen LogP contribution in [0, 0.1) is 7.11 Å². The number of aliphatic hydroxyl groups excluding tert-OH is 2. The molecule has 13 heavy (non-hydrogen) atoms. The Labute approximate surface area is 77.3 Å². The SMILES string of the molecule is [CH2]OC(OC(=O)CCC)C(O)CO. The molecule has 0 rings (SSSR count). The molecule has 77 valence electrons. The van der Waals surface area contributed by atoms with Gasteiger partial charge in [0.15, 0.2) is 0 Å². The van der Waals surface area contributed by atoms with Crippen molar-refractivity contribution >= 4 is 5.97 Å². The molecule has 0 aromatic rings. The summed E-state index contributed by atoms with van der Waals surface area (Å²) in [5.74, 6) is -0.483. The Morgan fingerprint density at radius 3 is 2.62 bits per heavy atom. The normalized spacial score (nSPS) is 15.1. The average Bonchev–Trinajstić information content (AvgIpc) is 2.13. The van der Waals surface area contributed by atoms with E-state index in [0.717, 1.165) is 0 Å². The van der Waals surface area contributed by atoms with Crippen LogP contribution in [0.3, 0.4) is 0 Å². The van der Waals surface area contributed by atoms with E-state index in [1.807, 2.05) is 6.92 Å². The van der Waals surface area contributed by atoms with Crippen molar-refractivity contribution in [1.82, 2.24) is 0 Å². The Balaban J connectivity index is 3.89. The second-order valence-electron chi connectivity index (χ2n) is 2.52. The number of hydrogen-bond donors (Lipinski definition) is 2. The average molecular weight is 191 g/mol. The first-order chi connectivity index (χ1) is 6.15. The molecule has 5 nitrogen and oxygen atoms in total. The van der Waals surface area contributed by atoms with Gasteiger partial charge < -0.3 is 19.7 Å². The maximum atomic E-state index is 10.9. The Morgan fingerprint density at radius 2 is 2.23 bits per heavy atom. The van der Waals surface area contributed by atoms with Crippen molar-refractivity contribution < 1.29 is 24.5 Å². The maximum absolute atomic E-state index is 10.9. The summed E-state index contributed by atoms with van der Waals surface area (Å²) in [5.41, 5.74) is 0.